The van der Waals surface area contributed by atoms with Gasteiger partial charge in [-0.1, -0.05) is 60.1 Å². The molecule has 50 radical (unpaired) electrons. The predicted molar refractivity (Wildman–Crippen MR) is 314 cm³/mol. The molecule has 3 aromatic heterocycles. The van der Waals surface area contributed by atoms with Crippen molar-refractivity contribution in [2.75, 3.05) is 0 Å². The summed E-state index contributed by atoms with van der Waals surface area (Å²) < 4.78 is 2.76. The van der Waals surface area contributed by atoms with E-state index in [1.54, 1.807) is 0 Å². The minimum atomic E-state index is -0.355. The normalized spacial score (nSPS) is 11.8. The number of fused-ring (bicyclic) bond motifs is 6. The lowest BCUT2D eigenvalue weighted by molar-refractivity contribution is 0.959. The highest BCUT2D eigenvalue weighted by molar-refractivity contribution is 6.74. The Morgan fingerprint density at radius 1 is 0.203 bits per heavy atom. The van der Waals surface area contributed by atoms with Crippen molar-refractivity contribution in [3.8, 4) is 34.4 Å². The molecule has 30 heteroatoms. The van der Waals surface area contributed by atoms with Crippen molar-refractivity contribution in [3.05, 3.63) is 0 Å². The van der Waals surface area contributed by atoms with Gasteiger partial charge in [-0.25, -0.2) is 4.98 Å². The van der Waals surface area contributed by atoms with Gasteiger partial charge >= 0.3 is 0 Å². The number of benzene rings is 6. The van der Waals surface area contributed by atoms with E-state index >= 15 is 0 Å². The van der Waals surface area contributed by atoms with Gasteiger partial charge in [-0.15, -0.1) is 71.0 Å². The summed E-state index contributed by atoms with van der Waals surface area (Å²) in [5, 5.41) is 0.409. The number of hydrogen-bond donors (Lipinski definition) is 0. The third-order valence-corrected chi connectivity index (χ3v) is 12.7. The molecular weight excluding hydrogens is 809 g/mol. The van der Waals surface area contributed by atoms with E-state index < -0.39 is 0 Å². The highest BCUT2D eigenvalue weighted by Gasteiger charge is 2.31. The minimum absolute atomic E-state index is 0.00925. The molecule has 0 spiro atoms. The molecule has 256 valence electrons. The van der Waals surface area contributed by atoms with E-state index in [2.05, 4.69) is 0 Å². The molecule has 3 heterocycles. The fourth-order valence-corrected chi connectivity index (χ4v) is 8.93. The molecule has 0 unspecified atom stereocenters. The Bertz CT molecular complexity index is 3740. The van der Waals surface area contributed by atoms with Gasteiger partial charge in [0.15, 0.2) is 11.6 Å². The molecule has 5 nitrogen and oxygen atoms in total. The van der Waals surface area contributed by atoms with Crippen molar-refractivity contribution in [1.82, 2.24) is 24.1 Å². The van der Waals surface area contributed by atoms with E-state index in [1.807, 2.05) is 0 Å². The zero-order valence-corrected chi connectivity index (χ0v) is 36.2. The lowest BCUT2D eigenvalue weighted by atomic mass is 9.60. The first-order chi connectivity index (χ1) is 32.2. The average molecular weight is 809 g/mol. The Morgan fingerprint density at radius 2 is 0.449 bits per heavy atom. The molecule has 0 aliphatic carbocycles. The first-order valence-corrected chi connectivity index (χ1v) is 19.9. The van der Waals surface area contributed by atoms with Crippen molar-refractivity contribution in [3.63, 3.8) is 0 Å². The van der Waals surface area contributed by atoms with E-state index in [0.717, 1.165) is 0 Å². The molecule has 0 saturated carbocycles. The van der Waals surface area contributed by atoms with Crippen LogP contribution in [0.25, 0.3) is 78.0 Å². The fraction of sp³-hybridized carbons (Fsp3) is 0. The van der Waals surface area contributed by atoms with E-state index in [0.29, 0.717) is 0 Å². The number of aromatic nitrogens is 5. The summed E-state index contributed by atoms with van der Waals surface area (Å²) >= 11 is 0. The van der Waals surface area contributed by atoms with Crippen LogP contribution in [0.15, 0.2) is 0 Å². The van der Waals surface area contributed by atoms with Crippen molar-refractivity contribution < 1.29 is 0 Å². The van der Waals surface area contributed by atoms with Crippen LogP contribution in [-0.2, 0) is 0 Å². The summed E-state index contributed by atoms with van der Waals surface area (Å²) in [5.41, 5.74) is -3.91. The van der Waals surface area contributed by atoms with Crippen molar-refractivity contribution in [1.29, 1.82) is 0 Å². The smallest absolute Gasteiger partial charge is 0.238 e. The van der Waals surface area contributed by atoms with Crippen LogP contribution in [-0.4, -0.2) is 220 Å². The Balaban J connectivity index is 1.62. The molecule has 0 N–H and O–H groups in total. The monoisotopic (exact) mass is 813 g/mol. The molecule has 0 aliphatic heterocycles. The van der Waals surface area contributed by atoms with Crippen molar-refractivity contribution >= 4 is 376 Å². The van der Waals surface area contributed by atoms with Crippen molar-refractivity contribution in [2.24, 2.45) is 0 Å². The minimum Gasteiger partial charge on any atom is -0.312 e. The lowest BCUT2D eigenvalue weighted by Crippen LogP contribution is -2.56. The maximum atomic E-state index is 7.49. The molecular formula is C39B25N5. The molecule has 0 fully saturated rings. The zero-order valence-electron chi connectivity index (χ0n) is 36.2. The Kier molecular flexibility index (Phi) is 12.1. The van der Waals surface area contributed by atoms with E-state index in [4.69, 9.17) is 211 Å². The number of rotatable bonds is 4. The molecule has 6 aromatic carbocycles. The predicted octanol–water partition coefficient (Wildman–Crippen LogP) is -20.8. The van der Waals surface area contributed by atoms with E-state index in [1.165, 1.54) is 9.13 Å². The summed E-state index contributed by atoms with van der Waals surface area (Å²) in [6, 6.07) is 0. The molecule has 0 saturated heterocycles. The molecule has 0 bridgehead atoms. The Morgan fingerprint density at radius 3 is 0.812 bits per heavy atom. The number of nitrogens with zero attached hydrogens (tertiary/aromatic N) is 5. The van der Waals surface area contributed by atoms with Crippen LogP contribution in [0.2, 0.25) is 0 Å². The second-order valence-corrected chi connectivity index (χ2v) is 16.3. The summed E-state index contributed by atoms with van der Waals surface area (Å²) in [5.74, 6) is -0.961. The van der Waals surface area contributed by atoms with Gasteiger partial charge in [-0.05, 0) is 16.2 Å². The van der Waals surface area contributed by atoms with Gasteiger partial charge in [0, 0.05) is 44.1 Å². The third-order valence-electron chi connectivity index (χ3n) is 12.7. The van der Waals surface area contributed by atoms with Crippen LogP contribution in [0, 0.1) is 0 Å². The Hall–Kier alpha value is -4.45. The highest BCUT2D eigenvalue weighted by atomic mass is 15.2. The van der Waals surface area contributed by atoms with Gasteiger partial charge in [0.2, 0.25) is 5.95 Å². The van der Waals surface area contributed by atoms with Crippen LogP contribution in [0.4, 0.5) is 0 Å². The summed E-state index contributed by atoms with van der Waals surface area (Å²) in [4.78, 5) is 14.4. The second-order valence-electron chi connectivity index (χ2n) is 16.3. The first-order valence-electron chi connectivity index (χ1n) is 19.9. The van der Waals surface area contributed by atoms with Gasteiger partial charge in [0.1, 0.15) is 196 Å². The lowest BCUT2D eigenvalue weighted by Gasteiger charge is -2.25. The molecule has 9 rings (SSSR count). The highest BCUT2D eigenvalue weighted by Crippen LogP contribution is 2.34. The van der Waals surface area contributed by atoms with Crippen LogP contribution in [0.5, 0.6) is 0 Å². The quantitative estimate of drug-likeness (QED) is 0.166. The maximum absolute atomic E-state index is 7.49. The van der Waals surface area contributed by atoms with Gasteiger partial charge in [0.05, 0.1) is 5.52 Å². The molecule has 9 aromatic rings. The fourth-order valence-electron chi connectivity index (χ4n) is 8.93. The van der Waals surface area contributed by atoms with Gasteiger partial charge in [-0.3, -0.25) is 4.57 Å². The first kappa shape index (κ1) is 49.5. The molecule has 69 heavy (non-hydrogen) atoms. The topological polar surface area (TPSA) is 48.5 Å². The SMILES string of the molecule is [B]c1c([B])c([B])c(-c2nc(-c3c([B])c([B])c([B])c([B])c3[B])nc(-n3c4c([B])c([B])c([B])c([B])c4c4c([B])c5c6c([B])c([B])c([B])c([B])c6n(-c6c([B])c([B])c([B])c([B])c6[B])c5c([B])c43)n2)c([B])c1[B]. The van der Waals surface area contributed by atoms with Crippen LogP contribution >= 0.6 is 0 Å². The second kappa shape index (κ2) is 16.8. The Labute approximate surface area is 432 Å². The molecule has 0 amide bonds. The van der Waals surface area contributed by atoms with Crippen LogP contribution < -0.4 is 137 Å². The molecule has 0 atom stereocenters. The number of hydrogen-bond acceptors (Lipinski definition) is 3. The van der Waals surface area contributed by atoms with Gasteiger partial charge in [0.25, 0.3) is 0 Å². The molecule has 0 aliphatic rings. The summed E-state index contributed by atoms with van der Waals surface area (Å²) in [6.45, 7) is 0. The zero-order chi connectivity index (χ0) is 50.8. The maximum Gasteiger partial charge on any atom is 0.238 e. The summed E-state index contributed by atoms with van der Waals surface area (Å²) in [7, 11) is 165. The standard InChI is InChI=1S/C39B25N5/c40-7-1-3-8(41)14(47)23(56)27(60)32(3)68(36-29(62)25(58)22(55)26(59)30(36)63)34(1)31(64)35-2(7)4-9(42)15(48)24(57)28(61)33(4)69(35)39-66-37(5-10(43)16(49)20(53)17(50)11(5)44)65-38(67-39)6-12(45)18(51)21(54)19(52)13(6)46. The van der Waals surface area contributed by atoms with Gasteiger partial charge in [-0.2, -0.15) is 9.97 Å². The van der Waals surface area contributed by atoms with E-state index in [-0.39, 0.29) is 215 Å². The van der Waals surface area contributed by atoms with Crippen LogP contribution in [0.1, 0.15) is 0 Å². The van der Waals surface area contributed by atoms with Crippen LogP contribution in [0.3, 0.4) is 0 Å². The van der Waals surface area contributed by atoms with Crippen molar-refractivity contribution in [2.45, 2.75) is 0 Å². The average Bonchev–Trinajstić information content (AvgIpc) is 3.88. The van der Waals surface area contributed by atoms with E-state index in [9.17, 15) is 0 Å². The summed E-state index contributed by atoms with van der Waals surface area (Å²) in [6.07, 6.45) is 0. The van der Waals surface area contributed by atoms with Gasteiger partial charge < -0.3 is 4.57 Å². The largest absolute Gasteiger partial charge is 0.312 e. The third kappa shape index (κ3) is 6.56.